The van der Waals surface area contributed by atoms with Crippen LogP contribution in [0.1, 0.15) is 17.9 Å². The Morgan fingerprint density at radius 3 is 2.74 bits per heavy atom. The van der Waals surface area contributed by atoms with E-state index in [4.69, 9.17) is 0 Å². The maximum atomic E-state index is 13.2. The number of amides is 2. The predicted molar refractivity (Wildman–Crippen MR) is 100 cm³/mol. The Bertz CT molecular complexity index is 1060. The van der Waals surface area contributed by atoms with E-state index < -0.39 is 5.92 Å². The Hall–Kier alpha value is -3.54. The van der Waals surface area contributed by atoms with E-state index in [-0.39, 0.29) is 24.1 Å². The fourth-order valence-electron chi connectivity index (χ4n) is 3.24. The van der Waals surface area contributed by atoms with Crippen LogP contribution in [0.25, 0.3) is 10.9 Å². The number of nitrogens with one attached hydrogen (secondary N) is 2. The number of rotatable bonds is 3. The van der Waals surface area contributed by atoms with Gasteiger partial charge in [-0.3, -0.25) is 14.6 Å². The first-order chi connectivity index (χ1) is 13.1. The minimum absolute atomic E-state index is 0.127. The Balaban J connectivity index is 1.66. The summed E-state index contributed by atoms with van der Waals surface area (Å²) in [6.45, 7) is 0. The minimum Gasteiger partial charge on any atom is -0.332 e. The van der Waals surface area contributed by atoms with Crippen LogP contribution in [0.2, 0.25) is 0 Å². The number of anilines is 1. The molecular formula is C21H16FN3O2. The van der Waals surface area contributed by atoms with Crippen LogP contribution in [0.4, 0.5) is 10.1 Å². The molecule has 27 heavy (non-hydrogen) atoms. The van der Waals surface area contributed by atoms with Crippen LogP contribution in [0, 0.1) is 5.82 Å². The van der Waals surface area contributed by atoms with Crippen molar-refractivity contribution < 1.29 is 14.0 Å². The summed E-state index contributed by atoms with van der Waals surface area (Å²) in [5.74, 6) is -1.30. The molecule has 2 amide bonds. The van der Waals surface area contributed by atoms with Gasteiger partial charge in [0, 0.05) is 35.7 Å². The van der Waals surface area contributed by atoms with Gasteiger partial charge in [0.05, 0.1) is 11.2 Å². The second kappa shape index (κ2) is 6.99. The monoisotopic (exact) mass is 361 g/mol. The Labute approximate surface area is 154 Å². The quantitative estimate of drug-likeness (QED) is 0.750. The maximum Gasteiger partial charge on any atom is 0.253 e. The zero-order valence-corrected chi connectivity index (χ0v) is 14.3. The molecule has 0 spiro atoms. The molecule has 2 aromatic carbocycles. The number of aromatic nitrogens is 1. The fraction of sp³-hybridized carbons (Fsp3) is 0.0952. The van der Waals surface area contributed by atoms with Crippen molar-refractivity contribution in [3.8, 4) is 0 Å². The highest BCUT2D eigenvalue weighted by Gasteiger charge is 2.29. The van der Waals surface area contributed by atoms with Gasteiger partial charge < -0.3 is 10.6 Å². The SMILES string of the molecule is O=C1CC(c2ccc(F)cc2)C(C(=O)Nc2cccc3ncccc23)=CN1. The van der Waals surface area contributed by atoms with Gasteiger partial charge in [-0.15, -0.1) is 0 Å². The van der Waals surface area contributed by atoms with Crippen LogP contribution in [-0.4, -0.2) is 16.8 Å². The van der Waals surface area contributed by atoms with E-state index in [2.05, 4.69) is 15.6 Å². The van der Waals surface area contributed by atoms with E-state index in [1.807, 2.05) is 18.2 Å². The second-order valence-electron chi connectivity index (χ2n) is 6.31. The summed E-state index contributed by atoms with van der Waals surface area (Å²) in [6, 6.07) is 15.0. The topological polar surface area (TPSA) is 71.1 Å². The summed E-state index contributed by atoms with van der Waals surface area (Å²) in [6.07, 6.45) is 3.25. The molecule has 1 aromatic heterocycles. The average molecular weight is 361 g/mol. The number of hydrogen-bond acceptors (Lipinski definition) is 3. The van der Waals surface area contributed by atoms with E-state index in [0.717, 1.165) is 10.9 Å². The molecule has 0 bridgehead atoms. The lowest BCUT2D eigenvalue weighted by Crippen LogP contribution is -2.32. The van der Waals surface area contributed by atoms with Gasteiger partial charge in [0.25, 0.3) is 5.91 Å². The zero-order chi connectivity index (χ0) is 18.8. The number of halogens is 1. The average Bonchev–Trinajstić information content (AvgIpc) is 2.69. The zero-order valence-electron chi connectivity index (χ0n) is 14.3. The van der Waals surface area contributed by atoms with Gasteiger partial charge in [-0.1, -0.05) is 18.2 Å². The van der Waals surface area contributed by atoms with Gasteiger partial charge in [-0.25, -0.2) is 4.39 Å². The molecule has 6 heteroatoms. The Morgan fingerprint density at radius 1 is 1.11 bits per heavy atom. The third-order valence-corrected chi connectivity index (χ3v) is 4.58. The molecule has 2 heterocycles. The highest BCUT2D eigenvalue weighted by atomic mass is 19.1. The molecule has 0 aliphatic carbocycles. The van der Waals surface area contributed by atoms with Crippen molar-refractivity contribution in [2.45, 2.75) is 12.3 Å². The van der Waals surface area contributed by atoms with Gasteiger partial charge in [0.1, 0.15) is 5.82 Å². The van der Waals surface area contributed by atoms with Crippen molar-refractivity contribution in [2.24, 2.45) is 0 Å². The van der Waals surface area contributed by atoms with Gasteiger partial charge in [-0.05, 0) is 42.0 Å². The molecule has 2 N–H and O–H groups in total. The van der Waals surface area contributed by atoms with E-state index in [1.54, 1.807) is 30.5 Å². The summed E-state index contributed by atoms with van der Waals surface area (Å²) < 4.78 is 13.2. The summed E-state index contributed by atoms with van der Waals surface area (Å²) >= 11 is 0. The molecule has 1 unspecified atom stereocenters. The number of pyridine rings is 1. The number of hydrogen-bond donors (Lipinski definition) is 2. The van der Waals surface area contributed by atoms with E-state index >= 15 is 0 Å². The third-order valence-electron chi connectivity index (χ3n) is 4.58. The predicted octanol–water partition coefficient (Wildman–Crippen LogP) is 3.50. The number of benzene rings is 2. The summed E-state index contributed by atoms with van der Waals surface area (Å²) in [7, 11) is 0. The highest BCUT2D eigenvalue weighted by molar-refractivity contribution is 6.10. The number of fused-ring (bicyclic) bond motifs is 1. The largest absolute Gasteiger partial charge is 0.332 e. The number of carbonyl (C=O) groups is 2. The Morgan fingerprint density at radius 2 is 1.93 bits per heavy atom. The highest BCUT2D eigenvalue weighted by Crippen LogP contribution is 2.31. The van der Waals surface area contributed by atoms with Crippen molar-refractivity contribution >= 4 is 28.4 Å². The number of carbonyl (C=O) groups excluding carboxylic acids is 2. The standard InChI is InChI=1S/C21H16FN3O2/c22-14-8-6-13(7-9-14)16-11-20(26)24-12-17(16)21(27)25-19-5-1-4-18-15(19)3-2-10-23-18/h1-10,12,16H,11H2,(H,24,26)(H,25,27). The lowest BCUT2D eigenvalue weighted by atomic mass is 9.86. The van der Waals surface area contributed by atoms with Gasteiger partial charge >= 0.3 is 0 Å². The molecule has 3 aromatic rings. The van der Waals surface area contributed by atoms with Gasteiger partial charge in [-0.2, -0.15) is 0 Å². The molecular weight excluding hydrogens is 345 g/mol. The van der Waals surface area contributed by atoms with Crippen molar-refractivity contribution in [3.63, 3.8) is 0 Å². The summed E-state index contributed by atoms with van der Waals surface area (Å²) in [5, 5.41) is 6.33. The molecule has 5 nitrogen and oxygen atoms in total. The number of nitrogens with zero attached hydrogens (tertiary/aromatic N) is 1. The van der Waals surface area contributed by atoms with E-state index in [0.29, 0.717) is 16.8 Å². The van der Waals surface area contributed by atoms with Gasteiger partial charge in [0.2, 0.25) is 5.91 Å². The van der Waals surface area contributed by atoms with Crippen LogP contribution in [0.5, 0.6) is 0 Å². The smallest absolute Gasteiger partial charge is 0.253 e. The van der Waals surface area contributed by atoms with Crippen molar-refractivity contribution in [1.29, 1.82) is 0 Å². The van der Waals surface area contributed by atoms with Crippen LogP contribution in [-0.2, 0) is 9.59 Å². The first kappa shape index (κ1) is 16.9. The first-order valence-corrected chi connectivity index (χ1v) is 8.52. The maximum absolute atomic E-state index is 13.2. The molecule has 1 atom stereocenters. The van der Waals surface area contributed by atoms with Crippen molar-refractivity contribution in [1.82, 2.24) is 10.3 Å². The van der Waals surface area contributed by atoms with Crippen LogP contribution >= 0.6 is 0 Å². The molecule has 0 fully saturated rings. The molecule has 0 radical (unpaired) electrons. The minimum atomic E-state index is -0.438. The molecule has 0 saturated heterocycles. The lowest BCUT2D eigenvalue weighted by molar-refractivity contribution is -0.121. The first-order valence-electron chi connectivity index (χ1n) is 8.52. The van der Waals surface area contributed by atoms with Crippen LogP contribution in [0.15, 0.2) is 72.6 Å². The van der Waals surface area contributed by atoms with E-state index in [9.17, 15) is 14.0 Å². The molecule has 4 rings (SSSR count). The van der Waals surface area contributed by atoms with Gasteiger partial charge in [0.15, 0.2) is 0 Å². The molecule has 1 aliphatic heterocycles. The summed E-state index contributed by atoms with van der Waals surface area (Å²) in [4.78, 5) is 29.1. The van der Waals surface area contributed by atoms with Crippen LogP contribution < -0.4 is 10.6 Å². The van der Waals surface area contributed by atoms with E-state index in [1.165, 1.54) is 18.3 Å². The molecule has 0 saturated carbocycles. The third kappa shape index (κ3) is 3.42. The van der Waals surface area contributed by atoms with Crippen molar-refractivity contribution in [2.75, 3.05) is 5.32 Å². The molecule has 1 aliphatic rings. The lowest BCUT2D eigenvalue weighted by Gasteiger charge is -2.24. The molecule has 134 valence electrons. The van der Waals surface area contributed by atoms with Crippen molar-refractivity contribution in [3.05, 3.63) is 83.9 Å². The second-order valence-corrected chi connectivity index (χ2v) is 6.31. The van der Waals surface area contributed by atoms with Crippen LogP contribution in [0.3, 0.4) is 0 Å². The normalized spacial score (nSPS) is 16.6. The fourth-order valence-corrected chi connectivity index (χ4v) is 3.24. The summed E-state index contributed by atoms with van der Waals surface area (Å²) in [5.41, 5.74) is 2.55. The Kier molecular flexibility index (Phi) is 4.38.